The standard InChI is InChI=1S/C26H24Cl2N4O2/c27-23-22-24(31-25(28)30-23)32(16-29-22)20-11-21(34-14-18-9-5-2-6-10-18)26(12-19(20)26)15-33-13-17-7-3-1-4-8-17/h1-10,16,19-21H,11-15H2/t19-,20+,21+,26+/m1/s1. The summed E-state index contributed by atoms with van der Waals surface area (Å²) in [6, 6.07) is 20.8. The van der Waals surface area contributed by atoms with Crippen LogP contribution in [0.25, 0.3) is 11.2 Å². The van der Waals surface area contributed by atoms with Crippen LogP contribution in [0, 0.1) is 11.3 Å². The number of hydrogen-bond donors (Lipinski definition) is 0. The van der Waals surface area contributed by atoms with Gasteiger partial charge in [0.1, 0.15) is 5.52 Å². The Morgan fingerprint density at radius 3 is 2.38 bits per heavy atom. The minimum atomic E-state index is -0.0224. The second-order valence-corrected chi connectivity index (χ2v) is 9.91. The molecule has 0 N–H and O–H groups in total. The van der Waals surface area contributed by atoms with Gasteiger partial charge >= 0.3 is 0 Å². The number of imidazole rings is 1. The van der Waals surface area contributed by atoms with Crippen LogP contribution in [-0.2, 0) is 22.7 Å². The van der Waals surface area contributed by atoms with E-state index in [1.54, 1.807) is 6.33 Å². The van der Waals surface area contributed by atoms with Gasteiger partial charge in [0.05, 0.1) is 32.3 Å². The quantitative estimate of drug-likeness (QED) is 0.226. The van der Waals surface area contributed by atoms with Crippen molar-refractivity contribution in [1.29, 1.82) is 0 Å². The van der Waals surface area contributed by atoms with E-state index in [1.807, 2.05) is 36.4 Å². The lowest BCUT2D eigenvalue weighted by atomic mass is 10.0. The van der Waals surface area contributed by atoms with E-state index in [0.29, 0.717) is 36.9 Å². The molecule has 8 heteroatoms. The minimum Gasteiger partial charge on any atom is -0.376 e. The zero-order chi connectivity index (χ0) is 23.1. The lowest BCUT2D eigenvalue weighted by Crippen LogP contribution is -2.27. The molecule has 2 aromatic carbocycles. The van der Waals surface area contributed by atoms with Crippen LogP contribution in [-0.4, -0.2) is 32.2 Å². The molecule has 0 amide bonds. The molecule has 0 bridgehead atoms. The van der Waals surface area contributed by atoms with E-state index in [9.17, 15) is 0 Å². The summed E-state index contributed by atoms with van der Waals surface area (Å²) in [4.78, 5) is 12.9. The van der Waals surface area contributed by atoms with Crippen molar-refractivity contribution in [2.45, 2.75) is 38.2 Å². The second-order valence-electron chi connectivity index (χ2n) is 9.22. The van der Waals surface area contributed by atoms with E-state index >= 15 is 0 Å². The van der Waals surface area contributed by atoms with E-state index in [1.165, 1.54) is 11.1 Å². The number of benzene rings is 2. The molecule has 0 saturated heterocycles. The van der Waals surface area contributed by atoms with Gasteiger partial charge in [0, 0.05) is 11.5 Å². The summed E-state index contributed by atoms with van der Waals surface area (Å²) in [5.74, 6) is 0.411. The van der Waals surface area contributed by atoms with Crippen LogP contribution in [0.5, 0.6) is 0 Å². The van der Waals surface area contributed by atoms with Crippen LogP contribution in [0.4, 0.5) is 0 Å². The predicted molar refractivity (Wildman–Crippen MR) is 131 cm³/mol. The lowest BCUT2D eigenvalue weighted by molar-refractivity contribution is -0.0400. The Balaban J connectivity index is 1.25. The van der Waals surface area contributed by atoms with E-state index in [2.05, 4.69) is 43.8 Å². The van der Waals surface area contributed by atoms with Crippen molar-refractivity contribution in [2.24, 2.45) is 11.3 Å². The van der Waals surface area contributed by atoms with Crippen molar-refractivity contribution in [3.63, 3.8) is 0 Å². The second kappa shape index (κ2) is 8.93. The maximum absolute atomic E-state index is 6.54. The Morgan fingerprint density at radius 1 is 0.941 bits per heavy atom. The van der Waals surface area contributed by atoms with E-state index < -0.39 is 0 Å². The van der Waals surface area contributed by atoms with Crippen LogP contribution in [0.1, 0.15) is 30.0 Å². The molecule has 2 aliphatic carbocycles. The first-order chi connectivity index (χ1) is 16.6. The molecule has 0 radical (unpaired) electrons. The van der Waals surface area contributed by atoms with Gasteiger partial charge < -0.3 is 14.0 Å². The van der Waals surface area contributed by atoms with Gasteiger partial charge in [-0.1, -0.05) is 72.3 Å². The van der Waals surface area contributed by atoms with Gasteiger partial charge in [-0.3, -0.25) is 0 Å². The third-order valence-electron chi connectivity index (χ3n) is 7.22. The van der Waals surface area contributed by atoms with Crippen LogP contribution >= 0.6 is 23.2 Å². The summed E-state index contributed by atoms with van der Waals surface area (Å²) in [6.07, 6.45) is 3.78. The number of fused-ring (bicyclic) bond motifs is 2. The number of hydrogen-bond acceptors (Lipinski definition) is 5. The van der Waals surface area contributed by atoms with Crippen molar-refractivity contribution in [1.82, 2.24) is 19.5 Å². The number of nitrogens with zero attached hydrogens (tertiary/aromatic N) is 4. The zero-order valence-electron chi connectivity index (χ0n) is 18.5. The molecule has 2 heterocycles. The monoisotopic (exact) mass is 494 g/mol. The Morgan fingerprint density at radius 2 is 1.65 bits per heavy atom. The van der Waals surface area contributed by atoms with Gasteiger partial charge in [0.25, 0.3) is 0 Å². The van der Waals surface area contributed by atoms with Gasteiger partial charge in [-0.15, -0.1) is 0 Å². The highest BCUT2D eigenvalue weighted by Gasteiger charge is 2.68. The maximum atomic E-state index is 6.54. The number of halogens is 2. The fraction of sp³-hybridized carbons (Fsp3) is 0.346. The van der Waals surface area contributed by atoms with Gasteiger partial charge in [0.15, 0.2) is 10.8 Å². The molecule has 6 rings (SSSR count). The molecule has 4 aromatic rings. The molecule has 6 nitrogen and oxygen atoms in total. The SMILES string of the molecule is Clc1nc(Cl)c2ncn([C@H]3C[C@H](OCc4ccccc4)[C@]4(COCc5ccccc5)C[C@H]34)c2n1. The third-order valence-corrected chi connectivity index (χ3v) is 7.66. The number of ether oxygens (including phenoxy) is 2. The smallest absolute Gasteiger partial charge is 0.225 e. The topological polar surface area (TPSA) is 62.1 Å². The first-order valence-corrected chi connectivity index (χ1v) is 12.2. The number of aromatic nitrogens is 4. The molecule has 2 aliphatic rings. The fourth-order valence-electron chi connectivity index (χ4n) is 5.46. The van der Waals surface area contributed by atoms with Crippen LogP contribution in [0.2, 0.25) is 10.4 Å². The Bertz CT molecular complexity index is 1300. The summed E-state index contributed by atoms with van der Waals surface area (Å²) in [5.41, 5.74) is 3.57. The third kappa shape index (κ3) is 3.99. The van der Waals surface area contributed by atoms with Gasteiger partial charge in [-0.25, -0.2) is 9.97 Å². The van der Waals surface area contributed by atoms with Gasteiger partial charge in [-0.2, -0.15) is 4.98 Å². The molecule has 2 saturated carbocycles. The van der Waals surface area contributed by atoms with Crippen LogP contribution in [0.3, 0.4) is 0 Å². The molecule has 0 aliphatic heterocycles. The van der Waals surface area contributed by atoms with E-state index in [-0.39, 0.29) is 28.0 Å². The van der Waals surface area contributed by atoms with Crippen molar-refractivity contribution < 1.29 is 9.47 Å². The molecule has 2 fully saturated rings. The van der Waals surface area contributed by atoms with Crippen LogP contribution in [0.15, 0.2) is 67.0 Å². The van der Waals surface area contributed by atoms with E-state index in [4.69, 9.17) is 32.7 Å². The lowest BCUT2D eigenvalue weighted by Gasteiger charge is -2.24. The van der Waals surface area contributed by atoms with Crippen molar-refractivity contribution in [3.05, 3.63) is 88.6 Å². The Labute approximate surface area is 207 Å². The summed E-state index contributed by atoms with van der Waals surface area (Å²) in [7, 11) is 0. The largest absolute Gasteiger partial charge is 0.376 e. The van der Waals surface area contributed by atoms with Gasteiger partial charge in [0.2, 0.25) is 5.28 Å². The highest BCUT2D eigenvalue weighted by molar-refractivity contribution is 6.35. The average Bonchev–Trinajstić information content (AvgIpc) is 3.28. The molecule has 0 unspecified atom stereocenters. The minimum absolute atomic E-state index is 0.0224. The normalized spacial score (nSPS) is 25.5. The van der Waals surface area contributed by atoms with Crippen LogP contribution < -0.4 is 0 Å². The fourth-order valence-corrected chi connectivity index (χ4v) is 5.88. The summed E-state index contributed by atoms with van der Waals surface area (Å²) < 4.78 is 14.9. The Kier molecular flexibility index (Phi) is 5.77. The summed E-state index contributed by atoms with van der Waals surface area (Å²) in [6.45, 7) is 1.83. The maximum Gasteiger partial charge on any atom is 0.225 e. The van der Waals surface area contributed by atoms with Gasteiger partial charge in [-0.05, 0) is 41.5 Å². The van der Waals surface area contributed by atoms with Crippen molar-refractivity contribution in [3.8, 4) is 0 Å². The first-order valence-electron chi connectivity index (χ1n) is 11.5. The van der Waals surface area contributed by atoms with E-state index in [0.717, 1.165) is 12.8 Å². The molecule has 4 atom stereocenters. The molecular weight excluding hydrogens is 471 g/mol. The number of rotatable bonds is 8. The highest BCUT2D eigenvalue weighted by atomic mass is 35.5. The molecule has 34 heavy (non-hydrogen) atoms. The Hall–Kier alpha value is -2.51. The van der Waals surface area contributed by atoms with Crippen molar-refractivity contribution in [2.75, 3.05) is 6.61 Å². The molecule has 174 valence electrons. The van der Waals surface area contributed by atoms with Crippen molar-refractivity contribution >= 4 is 34.4 Å². The average molecular weight is 495 g/mol. The molecular formula is C26H24Cl2N4O2. The predicted octanol–water partition coefficient (Wildman–Crippen LogP) is 5.89. The summed E-state index contributed by atoms with van der Waals surface area (Å²) >= 11 is 12.4. The zero-order valence-corrected chi connectivity index (χ0v) is 20.0. The first kappa shape index (κ1) is 22.0. The molecule has 0 spiro atoms. The highest BCUT2D eigenvalue weighted by Crippen LogP contribution is 2.68. The summed E-state index contributed by atoms with van der Waals surface area (Å²) in [5, 5.41) is 0.402. The molecule has 2 aromatic heterocycles.